The minimum Gasteiger partial charge on any atom is -0.481 e. The Morgan fingerprint density at radius 2 is 1.79 bits per heavy atom. The van der Waals surface area contributed by atoms with E-state index in [-0.39, 0.29) is 17.2 Å². The summed E-state index contributed by atoms with van der Waals surface area (Å²) in [4.78, 5) is 11.0. The molecule has 0 heterocycles. The third-order valence-corrected chi connectivity index (χ3v) is 8.70. The number of hydrogen-bond acceptors (Lipinski definition) is 3. The molecule has 0 spiro atoms. The molecule has 0 amide bonds. The fourth-order valence-electron chi connectivity index (χ4n) is 4.31. The molecule has 0 aliphatic heterocycles. The van der Waals surface area contributed by atoms with Gasteiger partial charge in [-0.05, 0) is 92.5 Å². The van der Waals surface area contributed by atoms with Gasteiger partial charge in [0.2, 0.25) is 0 Å². The predicted molar refractivity (Wildman–Crippen MR) is 110 cm³/mol. The van der Waals surface area contributed by atoms with Crippen LogP contribution < -0.4 is 0 Å². The molecular weight excluding hydrogens is 415 g/mol. The zero-order chi connectivity index (χ0) is 21.2. The van der Waals surface area contributed by atoms with E-state index in [0.29, 0.717) is 48.3 Å². The quantitative estimate of drug-likeness (QED) is 0.645. The Labute approximate surface area is 175 Å². The summed E-state index contributed by atoms with van der Waals surface area (Å²) >= 11 is 5.93. The van der Waals surface area contributed by atoms with E-state index in [0.717, 1.165) is 0 Å². The number of carboxylic acid groups (broad SMARTS) is 1. The van der Waals surface area contributed by atoms with Crippen LogP contribution in [0.1, 0.15) is 49.7 Å². The Morgan fingerprint density at radius 1 is 1.17 bits per heavy atom. The number of aliphatic carboxylic acids is 1. The molecular formula is C22H24ClFO4S. The molecule has 1 saturated carbocycles. The highest BCUT2D eigenvalue weighted by Crippen LogP contribution is 2.49. The lowest BCUT2D eigenvalue weighted by Crippen LogP contribution is -2.40. The SMILES string of the molecule is Cc1cc(F)cc(C2(S(=O)(=O)c3ccc(Cl)cc3)CCC(CCC(=O)O)CC2)c1. The normalized spacial score (nSPS) is 22.4. The summed E-state index contributed by atoms with van der Waals surface area (Å²) in [5.41, 5.74) is 1.13. The van der Waals surface area contributed by atoms with Gasteiger partial charge in [0.05, 0.1) is 4.90 Å². The molecule has 0 bridgehead atoms. The van der Waals surface area contributed by atoms with Crippen LogP contribution in [0.3, 0.4) is 0 Å². The van der Waals surface area contributed by atoms with Crippen molar-refractivity contribution >= 4 is 27.4 Å². The number of carboxylic acids is 1. The Balaban J connectivity index is 2.04. The molecule has 7 heteroatoms. The van der Waals surface area contributed by atoms with Gasteiger partial charge in [-0.15, -0.1) is 0 Å². The topological polar surface area (TPSA) is 71.4 Å². The first-order valence-electron chi connectivity index (χ1n) is 9.64. The van der Waals surface area contributed by atoms with Crippen LogP contribution in [-0.2, 0) is 19.4 Å². The maximum atomic E-state index is 14.2. The molecule has 4 nitrogen and oxygen atoms in total. The zero-order valence-corrected chi connectivity index (χ0v) is 17.8. The molecule has 0 radical (unpaired) electrons. The van der Waals surface area contributed by atoms with Crippen molar-refractivity contribution in [3.05, 3.63) is 64.4 Å². The second-order valence-corrected chi connectivity index (χ2v) is 10.5. The fraction of sp³-hybridized carbons (Fsp3) is 0.409. The molecule has 0 unspecified atom stereocenters. The van der Waals surface area contributed by atoms with Crippen molar-refractivity contribution in [2.75, 3.05) is 0 Å². The van der Waals surface area contributed by atoms with Gasteiger partial charge in [-0.2, -0.15) is 0 Å². The number of rotatable bonds is 6. The number of hydrogen-bond donors (Lipinski definition) is 1. The maximum Gasteiger partial charge on any atom is 0.303 e. The highest BCUT2D eigenvalue weighted by atomic mass is 35.5. The fourth-order valence-corrected chi connectivity index (χ4v) is 6.58. The molecule has 0 atom stereocenters. The van der Waals surface area contributed by atoms with Gasteiger partial charge in [0, 0.05) is 11.4 Å². The number of carbonyl (C=O) groups is 1. The van der Waals surface area contributed by atoms with E-state index in [1.54, 1.807) is 13.0 Å². The molecule has 2 aromatic carbocycles. The van der Waals surface area contributed by atoms with Crippen LogP contribution >= 0.6 is 11.6 Å². The molecule has 2 aromatic rings. The van der Waals surface area contributed by atoms with Crippen molar-refractivity contribution in [3.8, 4) is 0 Å². The molecule has 1 aliphatic rings. The summed E-state index contributed by atoms with van der Waals surface area (Å²) in [7, 11) is -3.82. The van der Waals surface area contributed by atoms with Gasteiger partial charge in [-0.1, -0.05) is 17.7 Å². The second-order valence-electron chi connectivity index (χ2n) is 7.84. The summed E-state index contributed by atoms with van der Waals surface area (Å²) in [5.74, 6) is -1.16. The van der Waals surface area contributed by atoms with Crippen LogP contribution in [0.2, 0.25) is 5.02 Å². The molecule has 1 fully saturated rings. The maximum absolute atomic E-state index is 14.2. The van der Waals surface area contributed by atoms with Crippen molar-refractivity contribution < 1.29 is 22.7 Å². The first kappa shape index (κ1) is 21.8. The van der Waals surface area contributed by atoms with Crippen molar-refractivity contribution in [2.24, 2.45) is 5.92 Å². The Hall–Kier alpha value is -1.92. The first-order valence-corrected chi connectivity index (χ1v) is 11.5. The highest BCUT2D eigenvalue weighted by Gasteiger charge is 2.48. The van der Waals surface area contributed by atoms with Crippen LogP contribution in [0.25, 0.3) is 0 Å². The Kier molecular flexibility index (Phi) is 6.34. The molecule has 1 aliphatic carbocycles. The average molecular weight is 439 g/mol. The van der Waals surface area contributed by atoms with E-state index in [1.807, 2.05) is 0 Å². The van der Waals surface area contributed by atoms with Gasteiger partial charge in [-0.3, -0.25) is 4.79 Å². The van der Waals surface area contributed by atoms with Crippen LogP contribution in [-0.4, -0.2) is 19.5 Å². The van der Waals surface area contributed by atoms with Gasteiger partial charge in [0.15, 0.2) is 9.84 Å². The van der Waals surface area contributed by atoms with E-state index >= 15 is 0 Å². The van der Waals surface area contributed by atoms with Gasteiger partial charge in [0.1, 0.15) is 10.6 Å². The van der Waals surface area contributed by atoms with Crippen molar-refractivity contribution in [1.29, 1.82) is 0 Å². The lowest BCUT2D eigenvalue weighted by atomic mass is 9.76. The molecule has 156 valence electrons. The van der Waals surface area contributed by atoms with Gasteiger partial charge in [-0.25, -0.2) is 12.8 Å². The van der Waals surface area contributed by atoms with Gasteiger partial charge < -0.3 is 5.11 Å². The number of benzene rings is 2. The van der Waals surface area contributed by atoms with E-state index in [9.17, 15) is 17.6 Å². The van der Waals surface area contributed by atoms with Crippen LogP contribution in [0, 0.1) is 18.7 Å². The summed E-state index contributed by atoms with van der Waals surface area (Å²) in [6, 6.07) is 10.5. The van der Waals surface area contributed by atoms with Crippen molar-refractivity contribution in [2.45, 2.75) is 55.1 Å². The van der Waals surface area contributed by atoms with Crippen LogP contribution in [0.15, 0.2) is 47.4 Å². The minimum absolute atomic E-state index is 0.0701. The Morgan fingerprint density at radius 3 is 2.34 bits per heavy atom. The van der Waals surface area contributed by atoms with Crippen molar-refractivity contribution in [3.63, 3.8) is 0 Å². The lowest BCUT2D eigenvalue weighted by Gasteiger charge is -2.40. The standard InChI is InChI=1S/C22H24ClFO4S/c1-15-12-17(14-19(24)13-15)22(10-8-16(9-11-22)2-7-21(25)26)29(27,28)20-5-3-18(23)4-6-20/h3-6,12-14,16H,2,7-11H2,1H3,(H,25,26). The summed E-state index contributed by atoms with van der Waals surface area (Å²) < 4.78 is 40.5. The average Bonchev–Trinajstić information content (AvgIpc) is 2.66. The van der Waals surface area contributed by atoms with E-state index in [4.69, 9.17) is 16.7 Å². The lowest BCUT2D eigenvalue weighted by molar-refractivity contribution is -0.137. The third kappa shape index (κ3) is 4.48. The molecule has 1 N–H and O–H groups in total. The van der Waals surface area contributed by atoms with E-state index in [2.05, 4.69) is 0 Å². The van der Waals surface area contributed by atoms with Crippen LogP contribution in [0.4, 0.5) is 4.39 Å². The van der Waals surface area contributed by atoms with Gasteiger partial charge in [0.25, 0.3) is 0 Å². The smallest absolute Gasteiger partial charge is 0.303 e. The van der Waals surface area contributed by atoms with E-state index < -0.39 is 26.4 Å². The van der Waals surface area contributed by atoms with Crippen molar-refractivity contribution in [1.82, 2.24) is 0 Å². The number of sulfone groups is 1. The molecule has 29 heavy (non-hydrogen) atoms. The third-order valence-electron chi connectivity index (χ3n) is 5.89. The number of aryl methyl sites for hydroxylation is 1. The summed E-state index contributed by atoms with van der Waals surface area (Å²) in [6.07, 6.45) is 2.40. The zero-order valence-electron chi connectivity index (χ0n) is 16.2. The molecule has 0 saturated heterocycles. The van der Waals surface area contributed by atoms with Crippen LogP contribution in [0.5, 0.6) is 0 Å². The molecule has 3 rings (SSSR count). The predicted octanol–water partition coefficient (Wildman–Crippen LogP) is 5.51. The van der Waals surface area contributed by atoms with E-state index in [1.165, 1.54) is 36.4 Å². The highest BCUT2D eigenvalue weighted by molar-refractivity contribution is 7.92. The second kappa shape index (κ2) is 8.44. The largest absolute Gasteiger partial charge is 0.481 e. The first-order chi connectivity index (χ1) is 13.6. The minimum atomic E-state index is -3.82. The summed E-state index contributed by atoms with van der Waals surface area (Å²) in [6.45, 7) is 1.74. The Bertz CT molecular complexity index is 974. The summed E-state index contributed by atoms with van der Waals surface area (Å²) in [5, 5.41) is 9.38. The molecule has 0 aromatic heterocycles. The van der Waals surface area contributed by atoms with Gasteiger partial charge >= 0.3 is 5.97 Å². The monoisotopic (exact) mass is 438 g/mol. The number of halogens is 2.